The van der Waals surface area contributed by atoms with Crippen molar-refractivity contribution >= 4 is 11.6 Å². The lowest BCUT2D eigenvalue weighted by Gasteiger charge is -2.34. The maximum Gasteiger partial charge on any atom is 0.573 e. The fourth-order valence-corrected chi connectivity index (χ4v) is 3.24. The summed E-state index contributed by atoms with van der Waals surface area (Å²) in [5.41, 5.74) is 0.883. The summed E-state index contributed by atoms with van der Waals surface area (Å²) in [7, 11) is 1.53. The Morgan fingerprint density at radius 2 is 1.77 bits per heavy atom. The number of methoxy groups -OCH3 is 1. The van der Waals surface area contributed by atoms with Gasteiger partial charge in [-0.2, -0.15) is 9.97 Å². The van der Waals surface area contributed by atoms with E-state index >= 15 is 0 Å². The smallest absolute Gasteiger partial charge is 0.467 e. The molecule has 3 rings (SSSR count). The van der Waals surface area contributed by atoms with Crippen molar-refractivity contribution in [1.82, 2.24) is 14.9 Å². The SMILES string of the molecule is CCN1CCN(c2cc(NCCc3ccc(OC(F)(F)F)cc3)nc(OC)n2)CC1. The van der Waals surface area contributed by atoms with E-state index in [0.29, 0.717) is 24.8 Å². The van der Waals surface area contributed by atoms with Gasteiger partial charge in [-0.25, -0.2) is 0 Å². The summed E-state index contributed by atoms with van der Waals surface area (Å²) in [5.74, 6) is 1.23. The number of hydrogen-bond acceptors (Lipinski definition) is 7. The van der Waals surface area contributed by atoms with Gasteiger partial charge in [-0.3, -0.25) is 0 Å². The van der Waals surface area contributed by atoms with E-state index in [2.05, 4.69) is 36.7 Å². The van der Waals surface area contributed by atoms with E-state index in [4.69, 9.17) is 4.74 Å². The topological polar surface area (TPSA) is 62.8 Å². The van der Waals surface area contributed by atoms with Crippen LogP contribution in [-0.4, -0.2) is 67.6 Å². The Hall–Kier alpha value is -2.75. The van der Waals surface area contributed by atoms with Crippen molar-refractivity contribution < 1.29 is 22.6 Å². The van der Waals surface area contributed by atoms with Gasteiger partial charge < -0.3 is 24.6 Å². The van der Waals surface area contributed by atoms with E-state index in [1.165, 1.54) is 19.2 Å². The summed E-state index contributed by atoms with van der Waals surface area (Å²) < 4.78 is 45.8. The lowest BCUT2D eigenvalue weighted by atomic mass is 10.1. The fourth-order valence-electron chi connectivity index (χ4n) is 3.24. The third kappa shape index (κ3) is 6.38. The Morgan fingerprint density at radius 1 is 1.07 bits per heavy atom. The van der Waals surface area contributed by atoms with E-state index in [9.17, 15) is 13.2 Å². The summed E-state index contributed by atoms with van der Waals surface area (Å²) in [5, 5.41) is 3.24. The van der Waals surface area contributed by atoms with Crippen LogP contribution in [0, 0.1) is 0 Å². The number of ether oxygens (including phenoxy) is 2. The van der Waals surface area contributed by atoms with Crippen molar-refractivity contribution in [1.29, 1.82) is 0 Å². The number of benzene rings is 1. The molecule has 0 aliphatic carbocycles. The van der Waals surface area contributed by atoms with Gasteiger partial charge >= 0.3 is 12.4 Å². The van der Waals surface area contributed by atoms with Gasteiger partial charge in [0.2, 0.25) is 0 Å². The first kappa shape index (κ1) is 21.9. The molecule has 2 heterocycles. The van der Waals surface area contributed by atoms with Crippen molar-refractivity contribution in [3.05, 3.63) is 35.9 Å². The Kier molecular flexibility index (Phi) is 7.20. The number of piperazine rings is 1. The van der Waals surface area contributed by atoms with Crippen LogP contribution in [0.2, 0.25) is 0 Å². The Morgan fingerprint density at radius 3 is 2.37 bits per heavy atom. The molecule has 1 aliphatic rings. The highest BCUT2D eigenvalue weighted by atomic mass is 19.4. The molecule has 1 aromatic heterocycles. The molecule has 7 nitrogen and oxygen atoms in total. The molecule has 0 radical (unpaired) electrons. The van der Waals surface area contributed by atoms with Crippen molar-refractivity contribution in [3.8, 4) is 11.8 Å². The molecule has 0 saturated carbocycles. The third-order valence-corrected chi connectivity index (χ3v) is 4.89. The Balaban J connectivity index is 1.57. The first-order chi connectivity index (χ1) is 14.4. The fraction of sp³-hybridized carbons (Fsp3) is 0.500. The minimum Gasteiger partial charge on any atom is -0.467 e. The Labute approximate surface area is 173 Å². The zero-order valence-corrected chi connectivity index (χ0v) is 17.1. The summed E-state index contributed by atoms with van der Waals surface area (Å²) >= 11 is 0. The van der Waals surface area contributed by atoms with E-state index in [0.717, 1.165) is 44.1 Å². The van der Waals surface area contributed by atoms with E-state index < -0.39 is 6.36 Å². The molecule has 0 atom stereocenters. The molecule has 30 heavy (non-hydrogen) atoms. The van der Waals surface area contributed by atoms with Crippen molar-refractivity contribution in [2.45, 2.75) is 19.7 Å². The number of alkyl halides is 3. The molecule has 1 aromatic carbocycles. The van der Waals surface area contributed by atoms with Crippen molar-refractivity contribution in [3.63, 3.8) is 0 Å². The van der Waals surface area contributed by atoms with Gasteiger partial charge in [0.05, 0.1) is 7.11 Å². The molecule has 0 bridgehead atoms. The van der Waals surface area contributed by atoms with Crippen LogP contribution in [0.3, 0.4) is 0 Å². The largest absolute Gasteiger partial charge is 0.573 e. The maximum absolute atomic E-state index is 12.2. The number of halogens is 3. The van der Waals surface area contributed by atoms with Crippen molar-refractivity contribution in [2.75, 3.05) is 56.6 Å². The van der Waals surface area contributed by atoms with Crippen LogP contribution in [-0.2, 0) is 6.42 Å². The highest BCUT2D eigenvalue weighted by molar-refractivity contribution is 5.50. The number of anilines is 2. The number of nitrogens with zero attached hydrogens (tertiary/aromatic N) is 4. The molecular weight excluding hydrogens is 399 g/mol. The molecule has 0 spiro atoms. The third-order valence-electron chi connectivity index (χ3n) is 4.89. The van der Waals surface area contributed by atoms with Crippen LogP contribution < -0.4 is 19.7 Å². The Bertz CT molecular complexity index is 809. The lowest BCUT2D eigenvalue weighted by Crippen LogP contribution is -2.46. The van der Waals surface area contributed by atoms with E-state index in [1.54, 1.807) is 12.1 Å². The average molecular weight is 425 g/mol. The summed E-state index contributed by atoms with van der Waals surface area (Å²) in [6.07, 6.45) is -4.07. The molecule has 2 aromatic rings. The monoisotopic (exact) mass is 425 g/mol. The molecule has 10 heteroatoms. The molecule has 1 fully saturated rings. The number of hydrogen-bond donors (Lipinski definition) is 1. The van der Waals surface area contributed by atoms with Gasteiger partial charge in [-0.15, -0.1) is 13.2 Å². The molecule has 164 valence electrons. The van der Waals surface area contributed by atoms with Crippen molar-refractivity contribution in [2.24, 2.45) is 0 Å². The summed E-state index contributed by atoms with van der Waals surface area (Å²) in [6, 6.07) is 8.03. The predicted molar refractivity (Wildman–Crippen MR) is 108 cm³/mol. The zero-order valence-electron chi connectivity index (χ0n) is 17.1. The van der Waals surface area contributed by atoms with E-state index in [1.807, 2.05) is 6.07 Å². The first-order valence-electron chi connectivity index (χ1n) is 9.85. The van der Waals surface area contributed by atoms with Gasteiger partial charge in [-0.05, 0) is 30.7 Å². The normalized spacial score (nSPS) is 15.2. The minimum atomic E-state index is -4.68. The molecule has 0 unspecified atom stereocenters. The predicted octanol–water partition coefficient (Wildman–Crippen LogP) is 3.18. The van der Waals surface area contributed by atoms with Gasteiger partial charge in [0.15, 0.2) is 0 Å². The molecule has 1 N–H and O–H groups in total. The molecule has 1 aliphatic heterocycles. The molecule has 0 amide bonds. The number of rotatable bonds is 8. The molecule has 1 saturated heterocycles. The summed E-state index contributed by atoms with van der Waals surface area (Å²) in [4.78, 5) is 13.4. The number of aromatic nitrogens is 2. The average Bonchev–Trinajstić information content (AvgIpc) is 2.74. The zero-order chi connectivity index (χ0) is 21.6. The minimum absolute atomic E-state index is 0.229. The van der Waals surface area contributed by atoms with Gasteiger partial charge in [0, 0.05) is 38.8 Å². The second-order valence-corrected chi connectivity index (χ2v) is 6.89. The molecular formula is C20H26F3N5O2. The van der Waals surface area contributed by atoms with Crippen LogP contribution >= 0.6 is 0 Å². The van der Waals surface area contributed by atoms with Gasteiger partial charge in [-0.1, -0.05) is 19.1 Å². The van der Waals surface area contributed by atoms with Crippen LogP contribution in [0.25, 0.3) is 0 Å². The highest BCUT2D eigenvalue weighted by Crippen LogP contribution is 2.23. The van der Waals surface area contributed by atoms with Crippen LogP contribution in [0.5, 0.6) is 11.8 Å². The number of nitrogens with one attached hydrogen (secondary N) is 1. The van der Waals surface area contributed by atoms with Crippen LogP contribution in [0.1, 0.15) is 12.5 Å². The summed E-state index contributed by atoms with van der Waals surface area (Å²) in [6.45, 7) is 7.50. The first-order valence-corrected chi connectivity index (χ1v) is 9.85. The standard InChI is InChI=1S/C20H26F3N5O2/c1-3-27-10-12-28(13-11-27)18-14-17(25-19(26-18)29-2)24-9-8-15-4-6-16(7-5-15)30-20(21,22)23/h4-7,14H,3,8-13H2,1-2H3,(H,24,25,26). The second-order valence-electron chi connectivity index (χ2n) is 6.89. The number of likely N-dealkylation sites (N-methyl/N-ethyl adjacent to an activating group) is 1. The highest BCUT2D eigenvalue weighted by Gasteiger charge is 2.30. The van der Waals surface area contributed by atoms with Crippen LogP contribution in [0.15, 0.2) is 30.3 Å². The maximum atomic E-state index is 12.2. The van der Waals surface area contributed by atoms with Crippen LogP contribution in [0.4, 0.5) is 24.8 Å². The second kappa shape index (κ2) is 9.84. The van der Waals surface area contributed by atoms with E-state index in [-0.39, 0.29) is 5.75 Å². The quantitative estimate of drug-likeness (QED) is 0.697. The van der Waals surface area contributed by atoms with Gasteiger partial charge in [0.1, 0.15) is 17.4 Å². The lowest BCUT2D eigenvalue weighted by molar-refractivity contribution is -0.274. The van der Waals surface area contributed by atoms with Gasteiger partial charge in [0.25, 0.3) is 0 Å².